The molecule has 0 saturated carbocycles. The number of phosphoric acid groups is 1. The lowest BCUT2D eigenvalue weighted by Crippen LogP contribution is -2.15. The molecule has 0 rings (SSSR count). The molecule has 0 aliphatic heterocycles. The Morgan fingerprint density at radius 2 is 1.60 bits per heavy atom. The molecule has 0 N–H and O–H groups in total. The van der Waals surface area contributed by atoms with Gasteiger partial charge in [0.15, 0.2) is 5.78 Å². The maximum atomic E-state index is 11.7. The molecule has 0 aliphatic carbocycles. The summed E-state index contributed by atoms with van der Waals surface area (Å²) in [6.07, 6.45) is 0. The molecule has 0 bridgehead atoms. The summed E-state index contributed by atoms with van der Waals surface area (Å²) < 4.78 is 26.3. The van der Waals surface area contributed by atoms with E-state index in [0.29, 0.717) is 0 Å². The highest BCUT2D eigenvalue weighted by Gasteiger charge is 2.26. The van der Waals surface area contributed by atoms with Gasteiger partial charge >= 0.3 is 7.82 Å². The second kappa shape index (κ2) is 7.12. The second-order valence-electron chi connectivity index (χ2n) is 3.18. The quantitative estimate of drug-likeness (QED) is 0.607. The number of ketones is 1. The molecule has 0 spiro atoms. The summed E-state index contributed by atoms with van der Waals surface area (Å²) in [6.45, 7) is 7.05. The van der Waals surface area contributed by atoms with E-state index in [1.807, 2.05) is 0 Å². The lowest BCUT2D eigenvalue weighted by Gasteiger charge is -2.16. The molecule has 0 aromatic heterocycles. The largest absolute Gasteiger partial charge is 0.475 e. The molecule has 90 valence electrons. The van der Waals surface area contributed by atoms with Crippen molar-refractivity contribution in [3.05, 3.63) is 0 Å². The summed E-state index contributed by atoms with van der Waals surface area (Å²) in [4.78, 5) is 11.2. The number of carbonyl (C=O) groups excluding carboxylic acids is 1. The topological polar surface area (TPSA) is 61.8 Å². The van der Waals surface area contributed by atoms with Crippen molar-refractivity contribution in [3.8, 4) is 0 Å². The van der Waals surface area contributed by atoms with Crippen LogP contribution >= 0.6 is 7.82 Å². The van der Waals surface area contributed by atoms with Crippen LogP contribution in [0.1, 0.15) is 27.7 Å². The smallest absolute Gasteiger partial charge is 0.297 e. The summed E-state index contributed by atoms with van der Waals surface area (Å²) in [7, 11) is -3.53. The Kier molecular flexibility index (Phi) is 7.02. The van der Waals surface area contributed by atoms with Crippen LogP contribution < -0.4 is 0 Å². The zero-order chi connectivity index (χ0) is 11.9. The number of carbonyl (C=O) groups is 1. The van der Waals surface area contributed by atoms with Crippen molar-refractivity contribution in [2.24, 2.45) is 5.92 Å². The highest BCUT2D eigenvalue weighted by atomic mass is 31.2. The van der Waals surface area contributed by atoms with Gasteiger partial charge in [-0.15, -0.1) is 0 Å². The minimum Gasteiger partial charge on any atom is -0.297 e. The van der Waals surface area contributed by atoms with E-state index in [1.165, 1.54) is 0 Å². The molecule has 0 radical (unpaired) electrons. The molecule has 0 unspecified atom stereocenters. The predicted octanol–water partition coefficient (Wildman–Crippen LogP) is 2.41. The molecule has 0 saturated heterocycles. The van der Waals surface area contributed by atoms with Crippen LogP contribution in [0.4, 0.5) is 0 Å². The van der Waals surface area contributed by atoms with Crippen molar-refractivity contribution in [1.29, 1.82) is 0 Å². The molecule has 5 nitrogen and oxygen atoms in total. The molecule has 0 aromatic rings. The van der Waals surface area contributed by atoms with Crippen LogP contribution in [-0.2, 0) is 22.9 Å². The van der Waals surface area contributed by atoms with E-state index in [1.54, 1.807) is 27.7 Å². The number of phosphoric ester groups is 1. The van der Waals surface area contributed by atoms with E-state index in [9.17, 15) is 9.36 Å². The number of rotatable bonds is 8. The van der Waals surface area contributed by atoms with E-state index in [4.69, 9.17) is 13.6 Å². The average Bonchev–Trinajstić information content (AvgIpc) is 2.15. The molecular weight excluding hydrogens is 219 g/mol. The molecule has 15 heavy (non-hydrogen) atoms. The lowest BCUT2D eigenvalue weighted by molar-refractivity contribution is -0.124. The van der Waals surface area contributed by atoms with Crippen LogP contribution in [0.15, 0.2) is 0 Å². The highest BCUT2D eigenvalue weighted by molar-refractivity contribution is 7.48. The Morgan fingerprint density at radius 3 is 1.93 bits per heavy atom. The van der Waals surface area contributed by atoms with Crippen molar-refractivity contribution < 1.29 is 22.9 Å². The molecule has 0 amide bonds. The Bertz CT molecular complexity index is 229. The van der Waals surface area contributed by atoms with Gasteiger partial charge in [-0.25, -0.2) is 4.57 Å². The summed E-state index contributed by atoms with van der Waals surface area (Å²) in [5.74, 6) is -0.281. The fraction of sp³-hybridized carbons (Fsp3) is 0.889. The first-order chi connectivity index (χ1) is 6.95. The third-order valence-corrected chi connectivity index (χ3v) is 3.18. The van der Waals surface area contributed by atoms with E-state index in [-0.39, 0.29) is 31.5 Å². The molecule has 0 heterocycles. The van der Waals surface area contributed by atoms with E-state index >= 15 is 0 Å². The fourth-order valence-electron chi connectivity index (χ4n) is 0.737. The van der Waals surface area contributed by atoms with Gasteiger partial charge in [-0.05, 0) is 13.8 Å². The summed E-state index contributed by atoms with van der Waals surface area (Å²) in [5.41, 5.74) is 0. The fourth-order valence-corrected chi connectivity index (χ4v) is 1.88. The predicted molar refractivity (Wildman–Crippen MR) is 56.7 cm³/mol. The average molecular weight is 238 g/mol. The number of hydrogen-bond acceptors (Lipinski definition) is 5. The van der Waals surface area contributed by atoms with Crippen molar-refractivity contribution in [2.45, 2.75) is 27.7 Å². The zero-order valence-corrected chi connectivity index (χ0v) is 10.6. The monoisotopic (exact) mass is 238 g/mol. The molecule has 0 fully saturated rings. The molecular formula is C9H19O5P. The maximum absolute atomic E-state index is 11.7. The van der Waals surface area contributed by atoms with Gasteiger partial charge in [-0.2, -0.15) is 0 Å². The standard InChI is InChI=1S/C9H19O5P/c1-5-12-15(11,13-6-2)14-7-9(10)8(3)4/h8H,5-7H2,1-4H3. The molecule has 0 aromatic carbocycles. The van der Waals surface area contributed by atoms with Crippen molar-refractivity contribution >= 4 is 13.6 Å². The van der Waals surface area contributed by atoms with Gasteiger partial charge in [-0.3, -0.25) is 18.4 Å². The Morgan fingerprint density at radius 1 is 1.13 bits per heavy atom. The number of Topliss-reactive ketones (excluding diaryl/α,β-unsaturated/α-hetero) is 1. The third-order valence-electron chi connectivity index (χ3n) is 1.58. The van der Waals surface area contributed by atoms with Crippen LogP contribution in [0, 0.1) is 5.92 Å². The van der Waals surface area contributed by atoms with Crippen molar-refractivity contribution in [2.75, 3.05) is 19.8 Å². The molecule has 0 aliphatic rings. The van der Waals surface area contributed by atoms with E-state index < -0.39 is 7.82 Å². The van der Waals surface area contributed by atoms with Crippen molar-refractivity contribution in [3.63, 3.8) is 0 Å². The Balaban J connectivity index is 4.18. The Labute approximate surface area is 90.7 Å². The minimum absolute atomic E-state index is 0.130. The van der Waals surface area contributed by atoms with Crippen molar-refractivity contribution in [1.82, 2.24) is 0 Å². The summed E-state index contributed by atoms with van der Waals surface area (Å²) in [6, 6.07) is 0. The van der Waals surface area contributed by atoms with Gasteiger partial charge in [0.1, 0.15) is 6.61 Å². The lowest BCUT2D eigenvalue weighted by atomic mass is 10.1. The number of hydrogen-bond donors (Lipinski definition) is 0. The molecule has 0 atom stereocenters. The van der Waals surface area contributed by atoms with Crippen LogP contribution in [0.2, 0.25) is 0 Å². The first-order valence-corrected chi connectivity index (χ1v) is 6.47. The second-order valence-corrected chi connectivity index (χ2v) is 4.85. The van der Waals surface area contributed by atoms with Gasteiger partial charge in [0, 0.05) is 5.92 Å². The summed E-state index contributed by atoms with van der Waals surface area (Å²) >= 11 is 0. The zero-order valence-electron chi connectivity index (χ0n) is 9.69. The van der Waals surface area contributed by atoms with Crippen LogP contribution in [0.3, 0.4) is 0 Å². The SMILES string of the molecule is CCOP(=O)(OCC)OCC(=O)C(C)C. The van der Waals surface area contributed by atoms with E-state index in [2.05, 4.69) is 0 Å². The van der Waals surface area contributed by atoms with Gasteiger partial charge in [0.2, 0.25) is 0 Å². The molecule has 6 heteroatoms. The van der Waals surface area contributed by atoms with Gasteiger partial charge in [0.25, 0.3) is 0 Å². The Hall–Kier alpha value is -0.220. The first kappa shape index (κ1) is 14.8. The maximum Gasteiger partial charge on any atom is 0.475 e. The van der Waals surface area contributed by atoms with E-state index in [0.717, 1.165) is 0 Å². The first-order valence-electron chi connectivity index (χ1n) is 5.01. The highest BCUT2D eigenvalue weighted by Crippen LogP contribution is 2.49. The van der Waals surface area contributed by atoms with Gasteiger partial charge < -0.3 is 0 Å². The minimum atomic E-state index is -3.53. The normalized spacial score (nSPS) is 12.1. The van der Waals surface area contributed by atoms with Crippen LogP contribution in [-0.4, -0.2) is 25.6 Å². The summed E-state index contributed by atoms with van der Waals surface area (Å²) in [5, 5.41) is 0. The third kappa shape index (κ3) is 6.05. The van der Waals surface area contributed by atoms with Gasteiger partial charge in [0.05, 0.1) is 13.2 Å². The van der Waals surface area contributed by atoms with Crippen LogP contribution in [0.5, 0.6) is 0 Å². The van der Waals surface area contributed by atoms with Gasteiger partial charge in [-0.1, -0.05) is 13.8 Å². The van der Waals surface area contributed by atoms with Crippen LogP contribution in [0.25, 0.3) is 0 Å².